The number of carbonyl (C=O) groups is 2. The molecule has 6 heteroatoms. The number of aromatic nitrogens is 1. The molecule has 3 N–H and O–H groups in total. The molecule has 32 heavy (non-hydrogen) atoms. The quantitative estimate of drug-likeness (QED) is 0.635. The Morgan fingerprint density at radius 3 is 2.53 bits per heavy atom. The Kier molecular flexibility index (Phi) is 4.16. The molecule has 0 amide bonds. The first kappa shape index (κ1) is 19.4. The van der Waals surface area contributed by atoms with E-state index >= 15 is 0 Å². The highest BCUT2D eigenvalue weighted by Gasteiger charge is 2.51. The van der Waals surface area contributed by atoms with Crippen LogP contribution in [-0.4, -0.2) is 31.8 Å². The summed E-state index contributed by atoms with van der Waals surface area (Å²) in [5, 5.41) is 31.2. The van der Waals surface area contributed by atoms with Crippen molar-refractivity contribution in [3.8, 4) is 5.75 Å². The molecule has 164 valence electrons. The minimum atomic E-state index is -0.904. The highest BCUT2D eigenvalue weighted by molar-refractivity contribution is 5.98. The van der Waals surface area contributed by atoms with E-state index in [9.17, 15) is 24.9 Å². The van der Waals surface area contributed by atoms with Crippen LogP contribution >= 0.6 is 0 Å². The third-order valence-electron chi connectivity index (χ3n) is 7.80. The first-order chi connectivity index (χ1) is 15.5. The van der Waals surface area contributed by atoms with Crippen molar-refractivity contribution in [2.45, 2.75) is 50.4 Å². The van der Waals surface area contributed by atoms with Gasteiger partial charge in [-0.2, -0.15) is 0 Å². The highest BCUT2D eigenvalue weighted by atomic mass is 16.4. The summed E-state index contributed by atoms with van der Waals surface area (Å²) in [5.41, 5.74) is 5.17. The number of phenols is 1. The molecule has 0 spiro atoms. The summed E-state index contributed by atoms with van der Waals surface area (Å²) in [6, 6.07) is 5.67. The molecular weight excluding hydrogens is 406 g/mol. The molecule has 2 fully saturated rings. The smallest absolute Gasteiger partial charge is 0.315 e. The van der Waals surface area contributed by atoms with Crippen molar-refractivity contribution < 1.29 is 24.9 Å². The molecule has 2 unspecified atom stereocenters. The lowest BCUT2D eigenvalue weighted by Gasteiger charge is -2.28. The normalized spacial score (nSPS) is 26.8. The number of nitrogens with zero attached hydrogens (tertiary/aromatic N) is 1. The van der Waals surface area contributed by atoms with E-state index in [1.54, 1.807) is 6.07 Å². The van der Waals surface area contributed by atoms with Gasteiger partial charge in [-0.05, 0) is 59.6 Å². The predicted molar refractivity (Wildman–Crippen MR) is 119 cm³/mol. The van der Waals surface area contributed by atoms with E-state index in [0.717, 1.165) is 46.3 Å². The molecule has 3 aliphatic carbocycles. The summed E-state index contributed by atoms with van der Waals surface area (Å²) >= 11 is 0. The first-order valence-corrected chi connectivity index (χ1v) is 11.4. The van der Waals surface area contributed by atoms with Crippen LogP contribution in [0, 0.1) is 11.8 Å². The molecule has 1 aromatic heterocycles. The van der Waals surface area contributed by atoms with Gasteiger partial charge in [0.2, 0.25) is 0 Å². The van der Waals surface area contributed by atoms with Crippen LogP contribution in [0.5, 0.6) is 5.75 Å². The summed E-state index contributed by atoms with van der Waals surface area (Å²) in [4.78, 5) is 24.2. The number of allylic oxidation sites excluding steroid dienone is 3. The van der Waals surface area contributed by atoms with Gasteiger partial charge in [0, 0.05) is 23.2 Å². The van der Waals surface area contributed by atoms with Gasteiger partial charge in [0.25, 0.3) is 0 Å². The van der Waals surface area contributed by atoms with Crippen molar-refractivity contribution in [2.24, 2.45) is 11.8 Å². The number of benzene rings is 1. The van der Waals surface area contributed by atoms with Crippen LogP contribution in [0.15, 0.2) is 47.1 Å². The van der Waals surface area contributed by atoms with Crippen molar-refractivity contribution >= 4 is 29.0 Å². The number of phenolic OH excluding ortho intramolecular Hbond substituents is 1. The maximum absolute atomic E-state index is 12.2. The van der Waals surface area contributed by atoms with Gasteiger partial charge in [0.1, 0.15) is 11.7 Å². The standard InChI is InChI=1S/C26H25NO5/c28-20-10-9-14(13-5-2-1-3-6-13)24-17(20)11-19-21-15(7-4-8-16(21)25(29)30)22-18(12-27(19)24)23(22)26(31)32/h4,7,9-13,16,21,23,28H,1-3,5-6,8H2,(H,29,30)(H,31,32)/t16-,21?,23?/m1/s1. The molecule has 1 aromatic carbocycles. The topological polar surface area (TPSA) is 99.8 Å². The number of aromatic hydroxyl groups is 1. The zero-order valence-electron chi connectivity index (χ0n) is 17.6. The van der Waals surface area contributed by atoms with Crippen LogP contribution in [-0.2, 0) is 9.59 Å². The highest BCUT2D eigenvalue weighted by Crippen LogP contribution is 2.57. The average molecular weight is 431 g/mol. The molecule has 0 bridgehead atoms. The lowest BCUT2D eigenvalue weighted by atomic mass is 9.77. The van der Waals surface area contributed by atoms with Gasteiger partial charge in [0.05, 0.1) is 11.4 Å². The minimum absolute atomic E-state index is 0.174. The van der Waals surface area contributed by atoms with Crippen LogP contribution < -0.4 is 0 Å². The van der Waals surface area contributed by atoms with E-state index in [1.807, 2.05) is 35.1 Å². The van der Waals surface area contributed by atoms with E-state index in [0.29, 0.717) is 17.7 Å². The van der Waals surface area contributed by atoms with Gasteiger partial charge in [-0.1, -0.05) is 37.5 Å². The number of hydrogen-bond donors (Lipinski definition) is 3. The number of rotatable bonds is 3. The second kappa shape index (κ2) is 6.86. The third-order valence-corrected chi connectivity index (χ3v) is 7.80. The zero-order valence-corrected chi connectivity index (χ0v) is 17.6. The van der Waals surface area contributed by atoms with Crippen molar-refractivity contribution in [3.63, 3.8) is 0 Å². The number of carboxylic acids is 2. The lowest BCUT2D eigenvalue weighted by molar-refractivity contribution is -0.142. The summed E-state index contributed by atoms with van der Waals surface area (Å²) < 4.78 is 2.00. The average Bonchev–Trinajstić information content (AvgIpc) is 3.41. The molecule has 3 atom stereocenters. The Labute approximate surface area is 185 Å². The van der Waals surface area contributed by atoms with Gasteiger partial charge >= 0.3 is 11.9 Å². The monoisotopic (exact) mass is 431 g/mol. The van der Waals surface area contributed by atoms with Gasteiger partial charge in [-0.15, -0.1) is 0 Å². The maximum Gasteiger partial charge on any atom is 0.315 e. The van der Waals surface area contributed by atoms with E-state index in [4.69, 9.17) is 0 Å². The predicted octanol–water partition coefficient (Wildman–Crippen LogP) is 5.00. The fourth-order valence-corrected chi connectivity index (χ4v) is 6.27. The molecule has 2 heterocycles. The second-order valence-electron chi connectivity index (χ2n) is 9.50. The minimum Gasteiger partial charge on any atom is -0.507 e. The molecule has 6 rings (SSSR count). The summed E-state index contributed by atoms with van der Waals surface area (Å²) in [6.45, 7) is 0. The Hall–Kier alpha value is -3.28. The van der Waals surface area contributed by atoms with Crippen LogP contribution in [0.3, 0.4) is 0 Å². The van der Waals surface area contributed by atoms with Crippen molar-refractivity contribution in [1.29, 1.82) is 0 Å². The Morgan fingerprint density at radius 2 is 1.81 bits per heavy atom. The van der Waals surface area contributed by atoms with Crippen LogP contribution in [0.4, 0.5) is 0 Å². The zero-order chi connectivity index (χ0) is 22.1. The molecule has 1 aliphatic heterocycles. The summed E-state index contributed by atoms with van der Waals surface area (Å²) in [5.74, 6) is -3.04. The SMILES string of the molecule is O=C(O)C1C2=Cn3c(cc4c(O)ccc(C5CCCCC5)c43)C3C(=C21)C=CC[C@H]3C(=O)O. The van der Waals surface area contributed by atoms with E-state index in [1.165, 1.54) is 19.3 Å². The van der Waals surface area contributed by atoms with Crippen LogP contribution in [0.1, 0.15) is 61.6 Å². The van der Waals surface area contributed by atoms with Gasteiger partial charge in [-0.25, -0.2) is 0 Å². The van der Waals surface area contributed by atoms with E-state index < -0.39 is 29.7 Å². The number of hydrogen-bond acceptors (Lipinski definition) is 3. The second-order valence-corrected chi connectivity index (χ2v) is 9.50. The fourth-order valence-electron chi connectivity index (χ4n) is 6.27. The third kappa shape index (κ3) is 2.65. The van der Waals surface area contributed by atoms with Crippen molar-refractivity contribution in [2.75, 3.05) is 0 Å². The molecule has 2 aromatic rings. The lowest BCUT2D eigenvalue weighted by Crippen LogP contribution is -2.26. The number of aliphatic carboxylic acids is 2. The van der Waals surface area contributed by atoms with Gasteiger partial charge in [0.15, 0.2) is 0 Å². The number of carboxylic acid groups (broad SMARTS) is 2. The maximum atomic E-state index is 12.2. The van der Waals surface area contributed by atoms with E-state index in [-0.39, 0.29) is 5.75 Å². The summed E-state index contributed by atoms with van der Waals surface area (Å²) in [6.07, 6.45) is 11.8. The van der Waals surface area contributed by atoms with Gasteiger partial charge < -0.3 is 19.9 Å². The van der Waals surface area contributed by atoms with Crippen LogP contribution in [0.2, 0.25) is 0 Å². The Bertz CT molecular complexity index is 1270. The number of fused-ring (bicyclic) bond motifs is 6. The van der Waals surface area contributed by atoms with E-state index in [2.05, 4.69) is 0 Å². The van der Waals surface area contributed by atoms with Crippen molar-refractivity contribution in [1.82, 2.24) is 4.57 Å². The van der Waals surface area contributed by atoms with Crippen molar-refractivity contribution in [3.05, 3.63) is 58.3 Å². The molecular formula is C26H25NO5. The molecule has 6 nitrogen and oxygen atoms in total. The largest absolute Gasteiger partial charge is 0.507 e. The summed E-state index contributed by atoms with van der Waals surface area (Å²) in [7, 11) is 0. The fraction of sp³-hybridized carbons (Fsp3) is 0.385. The Balaban J connectivity index is 1.65. The first-order valence-electron chi connectivity index (χ1n) is 11.4. The Morgan fingerprint density at radius 1 is 1.03 bits per heavy atom. The van der Waals surface area contributed by atoms with Crippen LogP contribution in [0.25, 0.3) is 17.1 Å². The molecule has 4 aliphatic rings. The molecule has 0 radical (unpaired) electrons. The van der Waals surface area contributed by atoms with Gasteiger partial charge in [-0.3, -0.25) is 9.59 Å². The molecule has 2 saturated carbocycles. The molecule has 0 saturated heterocycles.